The fourth-order valence-electron chi connectivity index (χ4n) is 2.35. The molecule has 2 rings (SSSR count). The maximum atomic E-state index is 12.1. The van der Waals surface area contributed by atoms with Gasteiger partial charge in [0.05, 0.1) is 18.7 Å². The molecule has 0 aliphatic heterocycles. The van der Waals surface area contributed by atoms with Crippen molar-refractivity contribution in [1.29, 1.82) is 0 Å². The Morgan fingerprint density at radius 1 is 1.17 bits per heavy atom. The largest absolute Gasteiger partial charge is 0.497 e. The number of hydrogen-bond acceptors (Lipinski definition) is 4. The summed E-state index contributed by atoms with van der Waals surface area (Å²) in [4.78, 5) is 23.1. The minimum Gasteiger partial charge on any atom is -0.497 e. The second-order valence-corrected chi connectivity index (χ2v) is 5.25. The Hall–Kier alpha value is -2.82. The molecule has 1 unspecified atom stereocenters. The molecule has 0 aromatic heterocycles. The number of para-hydroxylation sites is 1. The minimum atomic E-state index is -0.238. The summed E-state index contributed by atoms with van der Waals surface area (Å²) >= 11 is 0. The zero-order valence-corrected chi connectivity index (χ0v) is 13.8. The third-order valence-electron chi connectivity index (χ3n) is 3.67. The quantitative estimate of drug-likeness (QED) is 0.757. The number of nitrogens with one attached hydrogen (secondary N) is 1. The van der Waals surface area contributed by atoms with E-state index in [1.807, 2.05) is 31.2 Å². The van der Waals surface area contributed by atoms with Crippen molar-refractivity contribution in [2.45, 2.75) is 19.4 Å². The molecule has 126 valence electrons. The normalized spacial score (nSPS) is 11.4. The van der Waals surface area contributed by atoms with Gasteiger partial charge in [0.1, 0.15) is 11.5 Å². The minimum absolute atomic E-state index is 0.103. The van der Waals surface area contributed by atoms with Crippen LogP contribution in [0.25, 0.3) is 0 Å². The monoisotopic (exact) mass is 327 g/mol. The van der Waals surface area contributed by atoms with Crippen LogP contribution in [-0.2, 0) is 4.79 Å². The first-order valence-corrected chi connectivity index (χ1v) is 7.78. The molecular weight excluding hydrogens is 306 g/mol. The molecule has 0 aliphatic rings. The smallest absolute Gasteiger partial charge is 0.258 e. The van der Waals surface area contributed by atoms with E-state index in [4.69, 9.17) is 9.47 Å². The number of hydrogen-bond donors (Lipinski definition) is 1. The average Bonchev–Trinajstić information content (AvgIpc) is 2.64. The second kappa shape index (κ2) is 8.72. The molecule has 0 saturated heterocycles. The van der Waals surface area contributed by atoms with E-state index in [0.29, 0.717) is 17.6 Å². The van der Waals surface area contributed by atoms with Crippen molar-refractivity contribution in [3.63, 3.8) is 0 Å². The summed E-state index contributed by atoms with van der Waals surface area (Å²) in [5, 5.41) is 2.94. The van der Waals surface area contributed by atoms with Gasteiger partial charge < -0.3 is 14.8 Å². The van der Waals surface area contributed by atoms with Gasteiger partial charge in [-0.2, -0.15) is 0 Å². The molecule has 5 heteroatoms. The fraction of sp³-hybridized carbons (Fsp3) is 0.263. The Kier molecular flexibility index (Phi) is 6.37. The summed E-state index contributed by atoms with van der Waals surface area (Å²) in [6, 6.07) is 14.3. The van der Waals surface area contributed by atoms with Crippen molar-refractivity contribution in [2.24, 2.45) is 0 Å². The van der Waals surface area contributed by atoms with Crippen molar-refractivity contribution >= 4 is 12.2 Å². The second-order valence-electron chi connectivity index (χ2n) is 5.25. The number of carbonyl (C=O) groups excluding carboxylic acids is 2. The molecule has 0 heterocycles. The van der Waals surface area contributed by atoms with Gasteiger partial charge >= 0.3 is 0 Å². The van der Waals surface area contributed by atoms with Crippen LogP contribution in [-0.4, -0.2) is 25.9 Å². The summed E-state index contributed by atoms with van der Waals surface area (Å²) in [7, 11) is 1.61. The van der Waals surface area contributed by atoms with Gasteiger partial charge in [0.2, 0.25) is 0 Å². The number of methoxy groups -OCH3 is 1. The lowest BCUT2D eigenvalue weighted by molar-refractivity contribution is -0.123. The molecule has 1 N–H and O–H groups in total. The van der Waals surface area contributed by atoms with Gasteiger partial charge in [-0.05, 0) is 36.2 Å². The molecule has 0 bridgehead atoms. The van der Waals surface area contributed by atoms with E-state index in [-0.39, 0.29) is 18.6 Å². The highest BCUT2D eigenvalue weighted by Gasteiger charge is 2.14. The van der Waals surface area contributed by atoms with Crippen molar-refractivity contribution in [3.05, 3.63) is 59.7 Å². The number of rotatable bonds is 8. The van der Waals surface area contributed by atoms with Crippen LogP contribution < -0.4 is 14.8 Å². The lowest BCUT2D eigenvalue weighted by Crippen LogP contribution is -2.32. The number of carbonyl (C=O) groups is 2. The van der Waals surface area contributed by atoms with Crippen LogP contribution in [0.15, 0.2) is 48.5 Å². The van der Waals surface area contributed by atoms with Gasteiger partial charge in [-0.15, -0.1) is 0 Å². The Morgan fingerprint density at radius 2 is 1.88 bits per heavy atom. The van der Waals surface area contributed by atoms with E-state index in [9.17, 15) is 9.59 Å². The van der Waals surface area contributed by atoms with Crippen LogP contribution in [0, 0.1) is 0 Å². The zero-order valence-electron chi connectivity index (χ0n) is 13.8. The van der Waals surface area contributed by atoms with Crippen molar-refractivity contribution in [3.8, 4) is 11.5 Å². The summed E-state index contributed by atoms with van der Waals surface area (Å²) in [6.07, 6.45) is 1.46. The van der Waals surface area contributed by atoms with Crippen LogP contribution >= 0.6 is 0 Å². The molecular formula is C19H21NO4. The van der Waals surface area contributed by atoms with Crippen LogP contribution in [0.5, 0.6) is 11.5 Å². The van der Waals surface area contributed by atoms with E-state index in [1.54, 1.807) is 31.4 Å². The Morgan fingerprint density at radius 3 is 2.50 bits per heavy atom. The highest BCUT2D eigenvalue weighted by Crippen LogP contribution is 2.20. The molecule has 2 aromatic carbocycles. The maximum Gasteiger partial charge on any atom is 0.258 e. The van der Waals surface area contributed by atoms with Crippen molar-refractivity contribution in [2.75, 3.05) is 13.7 Å². The summed E-state index contributed by atoms with van der Waals surface area (Å²) in [5.41, 5.74) is 1.42. The number of amides is 1. The van der Waals surface area contributed by atoms with Crippen LogP contribution in [0.4, 0.5) is 0 Å². The zero-order chi connectivity index (χ0) is 17.4. The summed E-state index contributed by atoms with van der Waals surface area (Å²) in [5.74, 6) is 0.937. The predicted octanol–water partition coefficient (Wildman–Crippen LogP) is 3.15. The van der Waals surface area contributed by atoms with E-state index in [2.05, 4.69) is 5.32 Å². The Balaban J connectivity index is 1.95. The number of benzene rings is 2. The molecule has 1 atom stereocenters. The summed E-state index contributed by atoms with van der Waals surface area (Å²) in [6.45, 7) is 1.86. The third-order valence-corrected chi connectivity index (χ3v) is 3.67. The predicted molar refractivity (Wildman–Crippen MR) is 91.5 cm³/mol. The first-order valence-electron chi connectivity index (χ1n) is 7.78. The molecule has 0 radical (unpaired) electrons. The molecule has 0 fully saturated rings. The highest BCUT2D eigenvalue weighted by atomic mass is 16.5. The van der Waals surface area contributed by atoms with Crippen LogP contribution in [0.2, 0.25) is 0 Å². The number of aldehydes is 1. The van der Waals surface area contributed by atoms with Gasteiger partial charge in [-0.25, -0.2) is 0 Å². The molecule has 1 amide bonds. The summed E-state index contributed by atoms with van der Waals surface area (Å²) < 4.78 is 10.6. The van der Waals surface area contributed by atoms with Gasteiger partial charge in [0, 0.05) is 0 Å². The van der Waals surface area contributed by atoms with E-state index < -0.39 is 0 Å². The molecule has 24 heavy (non-hydrogen) atoms. The SMILES string of the molecule is CCC(NC(=O)COc1ccccc1C=O)c1ccc(OC)cc1. The standard InChI is InChI=1S/C19H21NO4/c1-3-17(14-8-10-16(23-2)11-9-14)20-19(22)13-24-18-7-5-4-6-15(18)12-21/h4-12,17H,3,13H2,1-2H3,(H,20,22). The lowest BCUT2D eigenvalue weighted by atomic mass is 10.0. The van der Waals surface area contributed by atoms with Crippen molar-refractivity contribution < 1.29 is 19.1 Å². The van der Waals surface area contributed by atoms with Crippen LogP contribution in [0.3, 0.4) is 0 Å². The molecule has 5 nitrogen and oxygen atoms in total. The molecule has 0 aliphatic carbocycles. The van der Waals surface area contributed by atoms with Crippen LogP contribution in [0.1, 0.15) is 35.3 Å². The topological polar surface area (TPSA) is 64.6 Å². The fourth-order valence-corrected chi connectivity index (χ4v) is 2.35. The Bertz CT molecular complexity index is 682. The average molecular weight is 327 g/mol. The van der Waals surface area contributed by atoms with Gasteiger partial charge in [0.25, 0.3) is 5.91 Å². The van der Waals surface area contributed by atoms with Gasteiger partial charge in [-0.1, -0.05) is 31.2 Å². The molecule has 2 aromatic rings. The van der Waals surface area contributed by atoms with E-state index in [1.165, 1.54) is 0 Å². The third kappa shape index (κ3) is 4.59. The van der Waals surface area contributed by atoms with Gasteiger partial charge in [-0.3, -0.25) is 9.59 Å². The Labute approximate surface area is 141 Å². The van der Waals surface area contributed by atoms with Crippen molar-refractivity contribution in [1.82, 2.24) is 5.32 Å². The molecule has 0 spiro atoms. The molecule has 0 saturated carbocycles. The number of ether oxygens (including phenoxy) is 2. The highest BCUT2D eigenvalue weighted by molar-refractivity contribution is 5.81. The van der Waals surface area contributed by atoms with E-state index >= 15 is 0 Å². The first-order chi connectivity index (χ1) is 11.7. The van der Waals surface area contributed by atoms with Gasteiger partial charge in [0.15, 0.2) is 12.9 Å². The van der Waals surface area contributed by atoms with E-state index in [0.717, 1.165) is 17.7 Å². The lowest BCUT2D eigenvalue weighted by Gasteiger charge is -2.18. The first kappa shape index (κ1) is 17.5. The maximum absolute atomic E-state index is 12.1.